The maximum absolute atomic E-state index is 13.7. The minimum Gasteiger partial charge on any atom is -0.300 e. The van der Waals surface area contributed by atoms with Gasteiger partial charge >= 0.3 is 0 Å². The lowest BCUT2D eigenvalue weighted by Gasteiger charge is -2.11. The summed E-state index contributed by atoms with van der Waals surface area (Å²) in [6.07, 6.45) is 0.541. The zero-order valence-corrected chi connectivity index (χ0v) is 11.2. The molecule has 0 aliphatic heterocycles. The van der Waals surface area contributed by atoms with Crippen molar-refractivity contribution in [2.24, 2.45) is 0 Å². The predicted octanol–water partition coefficient (Wildman–Crippen LogP) is 4.58. The van der Waals surface area contributed by atoms with Gasteiger partial charge in [-0.3, -0.25) is 0 Å². The van der Waals surface area contributed by atoms with Crippen LogP contribution in [0.5, 0.6) is 0 Å². The summed E-state index contributed by atoms with van der Waals surface area (Å²) in [7, 11) is 0. The van der Waals surface area contributed by atoms with Crippen LogP contribution in [0, 0.1) is 5.82 Å². The standard InChI is InChI=1S/C17H17FO/c1-12(11-13(2)19)14-7-9-15(10-8-14)16-5-3-4-6-17(16)18/h3-10,12H,11H2,1-2H3. The number of carbonyl (C=O) groups is 1. The van der Waals surface area contributed by atoms with Crippen molar-refractivity contribution < 1.29 is 9.18 Å². The van der Waals surface area contributed by atoms with Gasteiger partial charge in [-0.15, -0.1) is 0 Å². The summed E-state index contributed by atoms with van der Waals surface area (Å²) >= 11 is 0. The average molecular weight is 256 g/mol. The molecule has 0 bridgehead atoms. The van der Waals surface area contributed by atoms with Gasteiger partial charge in [-0.1, -0.05) is 49.4 Å². The molecule has 2 heteroatoms. The van der Waals surface area contributed by atoms with Gasteiger partial charge in [0.05, 0.1) is 0 Å². The molecule has 2 aromatic carbocycles. The number of carbonyl (C=O) groups excluding carboxylic acids is 1. The Balaban J connectivity index is 2.24. The van der Waals surface area contributed by atoms with Crippen molar-refractivity contribution in [1.82, 2.24) is 0 Å². The van der Waals surface area contributed by atoms with Gasteiger partial charge in [0, 0.05) is 12.0 Å². The summed E-state index contributed by atoms with van der Waals surface area (Å²) in [6, 6.07) is 14.5. The first-order valence-corrected chi connectivity index (χ1v) is 6.42. The quantitative estimate of drug-likeness (QED) is 0.782. The van der Waals surface area contributed by atoms with Gasteiger partial charge in [-0.25, -0.2) is 4.39 Å². The summed E-state index contributed by atoms with van der Waals surface area (Å²) < 4.78 is 13.7. The first-order chi connectivity index (χ1) is 9.08. The van der Waals surface area contributed by atoms with Crippen molar-refractivity contribution >= 4 is 5.78 Å². The number of halogens is 1. The average Bonchev–Trinajstić information content (AvgIpc) is 2.39. The molecule has 0 saturated carbocycles. The van der Waals surface area contributed by atoms with Crippen LogP contribution in [0.25, 0.3) is 11.1 Å². The lowest BCUT2D eigenvalue weighted by atomic mass is 9.94. The minimum atomic E-state index is -0.216. The zero-order valence-electron chi connectivity index (χ0n) is 11.2. The number of rotatable bonds is 4. The van der Waals surface area contributed by atoms with E-state index in [1.807, 2.05) is 37.3 Å². The summed E-state index contributed by atoms with van der Waals surface area (Å²) in [5, 5.41) is 0. The Morgan fingerprint density at radius 2 is 1.74 bits per heavy atom. The van der Waals surface area contributed by atoms with Crippen LogP contribution in [0.3, 0.4) is 0 Å². The van der Waals surface area contributed by atoms with Gasteiger partial charge in [-0.2, -0.15) is 0 Å². The van der Waals surface area contributed by atoms with Gasteiger partial charge in [0.15, 0.2) is 0 Å². The van der Waals surface area contributed by atoms with E-state index in [0.29, 0.717) is 12.0 Å². The summed E-state index contributed by atoms with van der Waals surface area (Å²) in [5.41, 5.74) is 2.57. The van der Waals surface area contributed by atoms with E-state index >= 15 is 0 Å². The summed E-state index contributed by atoms with van der Waals surface area (Å²) in [6.45, 7) is 3.63. The van der Waals surface area contributed by atoms with Crippen LogP contribution in [0.1, 0.15) is 31.7 Å². The largest absolute Gasteiger partial charge is 0.300 e. The van der Waals surface area contributed by atoms with E-state index < -0.39 is 0 Å². The fourth-order valence-corrected chi connectivity index (χ4v) is 2.24. The van der Waals surface area contributed by atoms with Gasteiger partial charge in [0.25, 0.3) is 0 Å². The van der Waals surface area contributed by atoms with E-state index in [9.17, 15) is 9.18 Å². The maximum Gasteiger partial charge on any atom is 0.131 e. The first kappa shape index (κ1) is 13.5. The van der Waals surface area contributed by atoms with Crippen LogP contribution in [-0.4, -0.2) is 5.78 Å². The molecule has 2 rings (SSSR count). The van der Waals surface area contributed by atoms with Crippen LogP contribution in [0.2, 0.25) is 0 Å². The molecule has 0 radical (unpaired) electrons. The molecule has 0 saturated heterocycles. The highest BCUT2D eigenvalue weighted by atomic mass is 19.1. The third-order valence-corrected chi connectivity index (χ3v) is 3.26. The normalized spacial score (nSPS) is 12.2. The first-order valence-electron chi connectivity index (χ1n) is 6.42. The number of hydrogen-bond donors (Lipinski definition) is 0. The molecule has 1 unspecified atom stereocenters. The molecule has 2 aromatic rings. The molecule has 0 spiro atoms. The Bertz CT molecular complexity index is 572. The Labute approximate surface area is 113 Å². The van der Waals surface area contributed by atoms with Crippen molar-refractivity contribution in [3.05, 3.63) is 59.9 Å². The highest BCUT2D eigenvalue weighted by molar-refractivity contribution is 5.76. The minimum absolute atomic E-state index is 0.186. The van der Waals surface area contributed by atoms with E-state index in [0.717, 1.165) is 11.1 Å². The highest BCUT2D eigenvalue weighted by Crippen LogP contribution is 2.26. The topological polar surface area (TPSA) is 17.1 Å². The van der Waals surface area contributed by atoms with Crippen LogP contribution in [-0.2, 0) is 4.79 Å². The lowest BCUT2D eigenvalue weighted by molar-refractivity contribution is -0.117. The number of ketones is 1. The number of hydrogen-bond acceptors (Lipinski definition) is 1. The molecule has 0 heterocycles. The molecule has 0 N–H and O–H groups in total. The van der Waals surface area contributed by atoms with Gasteiger partial charge < -0.3 is 4.79 Å². The van der Waals surface area contributed by atoms with Crippen LogP contribution >= 0.6 is 0 Å². The second-order valence-electron chi connectivity index (χ2n) is 4.91. The molecule has 19 heavy (non-hydrogen) atoms. The van der Waals surface area contributed by atoms with E-state index in [2.05, 4.69) is 0 Å². The molecule has 0 aliphatic carbocycles. The van der Waals surface area contributed by atoms with Gasteiger partial charge in [0.1, 0.15) is 11.6 Å². The fourth-order valence-electron chi connectivity index (χ4n) is 2.24. The zero-order chi connectivity index (χ0) is 13.8. The Kier molecular flexibility index (Phi) is 4.10. The van der Waals surface area contributed by atoms with Gasteiger partial charge in [-0.05, 0) is 30.0 Å². The molecule has 0 aromatic heterocycles. The van der Waals surface area contributed by atoms with Crippen molar-refractivity contribution in [2.75, 3.05) is 0 Å². The SMILES string of the molecule is CC(=O)CC(C)c1ccc(-c2ccccc2F)cc1. The molecule has 0 aliphatic rings. The van der Waals surface area contributed by atoms with Crippen molar-refractivity contribution in [2.45, 2.75) is 26.2 Å². The highest BCUT2D eigenvalue weighted by Gasteiger charge is 2.09. The predicted molar refractivity (Wildman–Crippen MR) is 75.5 cm³/mol. The third kappa shape index (κ3) is 3.28. The maximum atomic E-state index is 13.7. The third-order valence-electron chi connectivity index (χ3n) is 3.26. The second kappa shape index (κ2) is 5.79. The van der Waals surface area contributed by atoms with Gasteiger partial charge in [0.2, 0.25) is 0 Å². The fraction of sp³-hybridized carbons (Fsp3) is 0.235. The molecule has 1 atom stereocenters. The van der Waals surface area contributed by atoms with E-state index in [1.54, 1.807) is 19.1 Å². The molecular formula is C17H17FO. The summed E-state index contributed by atoms with van der Waals surface area (Å²) in [4.78, 5) is 11.1. The van der Waals surface area contributed by atoms with Crippen molar-refractivity contribution in [3.63, 3.8) is 0 Å². The Hall–Kier alpha value is -1.96. The monoisotopic (exact) mass is 256 g/mol. The summed E-state index contributed by atoms with van der Waals surface area (Å²) in [5.74, 6) is 0.171. The molecule has 98 valence electrons. The van der Waals surface area contributed by atoms with E-state index in [-0.39, 0.29) is 17.5 Å². The molecule has 0 fully saturated rings. The van der Waals surface area contributed by atoms with Crippen LogP contribution < -0.4 is 0 Å². The lowest BCUT2D eigenvalue weighted by Crippen LogP contribution is -2.00. The Morgan fingerprint density at radius 1 is 1.11 bits per heavy atom. The van der Waals surface area contributed by atoms with Crippen molar-refractivity contribution in [3.8, 4) is 11.1 Å². The Morgan fingerprint density at radius 3 is 2.32 bits per heavy atom. The molecular weight excluding hydrogens is 239 g/mol. The van der Waals surface area contributed by atoms with E-state index in [1.165, 1.54) is 6.07 Å². The van der Waals surface area contributed by atoms with Crippen LogP contribution in [0.4, 0.5) is 4.39 Å². The van der Waals surface area contributed by atoms with E-state index in [4.69, 9.17) is 0 Å². The smallest absolute Gasteiger partial charge is 0.131 e. The molecule has 1 nitrogen and oxygen atoms in total. The number of Topliss-reactive ketones (excluding diaryl/α,β-unsaturated/α-hetero) is 1. The van der Waals surface area contributed by atoms with Crippen molar-refractivity contribution in [1.29, 1.82) is 0 Å². The van der Waals surface area contributed by atoms with Crippen LogP contribution in [0.15, 0.2) is 48.5 Å². The molecule has 0 amide bonds. The second-order valence-corrected chi connectivity index (χ2v) is 4.91. The number of benzene rings is 2.